The van der Waals surface area contributed by atoms with E-state index in [2.05, 4.69) is 14.9 Å². The molecule has 3 rings (SSSR count). The summed E-state index contributed by atoms with van der Waals surface area (Å²) in [5.41, 5.74) is 0.995. The van der Waals surface area contributed by atoms with Crippen molar-refractivity contribution in [1.29, 1.82) is 0 Å². The maximum absolute atomic E-state index is 11.7. The number of nitrogens with zero attached hydrogens (tertiary/aromatic N) is 4. The molecule has 0 spiro atoms. The van der Waals surface area contributed by atoms with Crippen molar-refractivity contribution < 1.29 is 14.3 Å². The molecule has 0 N–H and O–H groups in total. The second-order valence-corrected chi connectivity index (χ2v) is 6.65. The van der Waals surface area contributed by atoms with Gasteiger partial charge < -0.3 is 14.4 Å². The van der Waals surface area contributed by atoms with Gasteiger partial charge in [-0.25, -0.2) is 9.78 Å². The number of ether oxygens (including phenoxy) is 2. The summed E-state index contributed by atoms with van der Waals surface area (Å²) in [5.74, 6) is 1.23. The van der Waals surface area contributed by atoms with Crippen LogP contribution in [0.15, 0.2) is 12.4 Å². The fourth-order valence-electron chi connectivity index (χ4n) is 3.31. The zero-order valence-corrected chi connectivity index (χ0v) is 14.5. The van der Waals surface area contributed by atoms with Crippen LogP contribution in [0.5, 0.6) is 0 Å². The van der Waals surface area contributed by atoms with E-state index in [0.29, 0.717) is 18.3 Å². The van der Waals surface area contributed by atoms with Crippen LogP contribution in [-0.2, 0) is 15.9 Å². The molecule has 0 radical (unpaired) electrons. The number of methoxy groups -OCH3 is 1. The van der Waals surface area contributed by atoms with Crippen molar-refractivity contribution >= 4 is 11.9 Å². The summed E-state index contributed by atoms with van der Waals surface area (Å²) in [7, 11) is 1.75. The van der Waals surface area contributed by atoms with Gasteiger partial charge in [0.15, 0.2) is 5.82 Å². The number of cyclic esters (lactones) is 1. The highest BCUT2D eigenvalue weighted by Gasteiger charge is 2.30. The number of carbonyl (C=O) groups is 1. The molecule has 7 nitrogen and oxygen atoms in total. The lowest BCUT2D eigenvalue weighted by Gasteiger charge is -2.31. The van der Waals surface area contributed by atoms with Crippen LogP contribution in [-0.4, -0.2) is 67.0 Å². The van der Waals surface area contributed by atoms with Gasteiger partial charge in [0.1, 0.15) is 6.10 Å². The third kappa shape index (κ3) is 4.21. The van der Waals surface area contributed by atoms with Crippen molar-refractivity contribution in [3.8, 4) is 0 Å². The molecule has 2 aliphatic heterocycles. The first-order valence-corrected chi connectivity index (χ1v) is 8.66. The molecule has 132 valence electrons. The largest absolute Gasteiger partial charge is 0.444 e. The van der Waals surface area contributed by atoms with Gasteiger partial charge in [0.25, 0.3) is 0 Å². The summed E-state index contributed by atoms with van der Waals surface area (Å²) < 4.78 is 10.3. The fraction of sp³-hybridized carbons (Fsp3) is 0.706. The Morgan fingerprint density at radius 1 is 1.29 bits per heavy atom. The van der Waals surface area contributed by atoms with E-state index in [4.69, 9.17) is 9.47 Å². The smallest absolute Gasteiger partial charge is 0.415 e. The lowest BCUT2D eigenvalue weighted by molar-refractivity contribution is 0.120. The first-order valence-electron chi connectivity index (χ1n) is 8.66. The number of carbonyl (C=O) groups excluding carboxylic acids is 1. The van der Waals surface area contributed by atoms with Gasteiger partial charge in [0.2, 0.25) is 0 Å². The van der Waals surface area contributed by atoms with Crippen molar-refractivity contribution in [2.24, 2.45) is 5.92 Å². The van der Waals surface area contributed by atoms with E-state index in [0.717, 1.165) is 38.4 Å². The third-order valence-electron chi connectivity index (χ3n) is 4.75. The lowest BCUT2D eigenvalue weighted by atomic mass is 9.92. The fourth-order valence-corrected chi connectivity index (χ4v) is 3.31. The number of likely N-dealkylation sites (tertiary alicyclic amines) is 1. The highest BCUT2D eigenvalue weighted by molar-refractivity contribution is 5.88. The molecular formula is C17H26N4O3. The van der Waals surface area contributed by atoms with Crippen LogP contribution in [0.3, 0.4) is 0 Å². The molecule has 1 atom stereocenters. The number of piperidine rings is 1. The third-order valence-corrected chi connectivity index (χ3v) is 4.75. The van der Waals surface area contributed by atoms with Crippen molar-refractivity contribution in [1.82, 2.24) is 14.9 Å². The second-order valence-electron chi connectivity index (χ2n) is 6.65. The average Bonchev–Trinajstić information content (AvgIpc) is 2.93. The molecule has 0 saturated carbocycles. The molecule has 7 heteroatoms. The topological polar surface area (TPSA) is 67.8 Å². The Morgan fingerprint density at radius 3 is 2.67 bits per heavy atom. The molecule has 1 amide bonds. The Labute approximate surface area is 143 Å². The van der Waals surface area contributed by atoms with E-state index in [1.54, 1.807) is 19.5 Å². The minimum atomic E-state index is -0.340. The summed E-state index contributed by atoms with van der Waals surface area (Å²) in [6, 6.07) is 0. The van der Waals surface area contributed by atoms with Crippen LogP contribution in [0.25, 0.3) is 0 Å². The Hall–Kier alpha value is -1.73. The van der Waals surface area contributed by atoms with Crippen LogP contribution in [0, 0.1) is 5.92 Å². The van der Waals surface area contributed by atoms with Gasteiger partial charge in [-0.3, -0.25) is 9.88 Å². The van der Waals surface area contributed by atoms with E-state index in [9.17, 15) is 4.79 Å². The molecule has 0 aliphatic carbocycles. The zero-order chi connectivity index (χ0) is 16.9. The second kappa shape index (κ2) is 7.90. The first kappa shape index (κ1) is 17.1. The summed E-state index contributed by atoms with van der Waals surface area (Å²) in [5, 5.41) is 0. The van der Waals surface area contributed by atoms with Crippen molar-refractivity contribution in [3.63, 3.8) is 0 Å². The predicted molar refractivity (Wildman–Crippen MR) is 90.1 cm³/mol. The van der Waals surface area contributed by atoms with Crippen LogP contribution in [0.1, 0.15) is 25.5 Å². The molecule has 2 saturated heterocycles. The van der Waals surface area contributed by atoms with Crippen LogP contribution in [0.4, 0.5) is 10.6 Å². The Balaban J connectivity index is 1.49. The average molecular weight is 334 g/mol. The molecule has 1 aromatic rings. The summed E-state index contributed by atoms with van der Waals surface area (Å²) in [6.45, 7) is 6.47. The normalized spacial score (nSPS) is 22.8. The van der Waals surface area contributed by atoms with E-state index < -0.39 is 0 Å². The number of hydrogen-bond acceptors (Lipinski definition) is 6. The molecule has 2 fully saturated rings. The van der Waals surface area contributed by atoms with Gasteiger partial charge in [0.05, 0.1) is 31.2 Å². The molecule has 24 heavy (non-hydrogen) atoms. The van der Waals surface area contributed by atoms with Gasteiger partial charge in [-0.1, -0.05) is 0 Å². The highest BCUT2D eigenvalue weighted by Crippen LogP contribution is 2.22. The van der Waals surface area contributed by atoms with E-state index >= 15 is 0 Å². The van der Waals surface area contributed by atoms with Gasteiger partial charge in [0, 0.05) is 13.7 Å². The molecule has 1 aromatic heterocycles. The van der Waals surface area contributed by atoms with E-state index in [1.807, 2.05) is 6.92 Å². The number of anilines is 1. The number of aromatic nitrogens is 2. The van der Waals surface area contributed by atoms with Crippen molar-refractivity contribution in [3.05, 3.63) is 18.1 Å². The summed E-state index contributed by atoms with van der Waals surface area (Å²) in [6.07, 6.45) is 6.36. The van der Waals surface area contributed by atoms with Gasteiger partial charge in [-0.15, -0.1) is 0 Å². The highest BCUT2D eigenvalue weighted by atomic mass is 16.6. The molecular weight excluding hydrogens is 308 g/mol. The van der Waals surface area contributed by atoms with Crippen molar-refractivity contribution in [2.45, 2.75) is 32.3 Å². The van der Waals surface area contributed by atoms with Crippen molar-refractivity contribution in [2.75, 3.05) is 44.8 Å². The quantitative estimate of drug-likeness (QED) is 0.789. The van der Waals surface area contributed by atoms with Crippen LogP contribution >= 0.6 is 0 Å². The van der Waals surface area contributed by atoms with Gasteiger partial charge in [-0.05, 0) is 45.2 Å². The summed E-state index contributed by atoms with van der Waals surface area (Å²) >= 11 is 0. The standard InChI is InChI=1S/C17H26N4O3/c1-13-12-21(17(22)24-13)16-11-18-15(10-19-16)9-14-3-5-20(6-4-14)7-8-23-2/h10-11,13-14H,3-9,12H2,1-2H3/t13-/m0/s1. The van der Waals surface area contributed by atoms with Gasteiger partial charge in [-0.2, -0.15) is 0 Å². The minimum Gasteiger partial charge on any atom is -0.444 e. The molecule has 2 aliphatic rings. The molecule has 0 aromatic carbocycles. The Kier molecular flexibility index (Phi) is 5.63. The Morgan fingerprint density at radius 2 is 2.08 bits per heavy atom. The maximum Gasteiger partial charge on any atom is 0.415 e. The first-order chi connectivity index (χ1) is 11.7. The van der Waals surface area contributed by atoms with Crippen LogP contribution in [0.2, 0.25) is 0 Å². The number of amides is 1. The Bertz CT molecular complexity index is 543. The number of rotatable bonds is 6. The minimum absolute atomic E-state index is 0.0951. The predicted octanol–water partition coefficient (Wildman–Crippen LogP) is 1.72. The monoisotopic (exact) mass is 334 g/mol. The zero-order valence-electron chi connectivity index (χ0n) is 14.5. The molecule has 0 bridgehead atoms. The molecule has 0 unspecified atom stereocenters. The maximum atomic E-state index is 11.7. The van der Waals surface area contributed by atoms with Gasteiger partial charge >= 0.3 is 6.09 Å². The summed E-state index contributed by atoms with van der Waals surface area (Å²) in [4.78, 5) is 24.6. The molecule has 3 heterocycles. The van der Waals surface area contributed by atoms with E-state index in [-0.39, 0.29) is 12.2 Å². The lowest BCUT2D eigenvalue weighted by Crippen LogP contribution is -2.36. The SMILES string of the molecule is COCCN1CCC(Cc2cnc(N3C[C@H](C)OC3=O)cn2)CC1. The van der Waals surface area contributed by atoms with E-state index in [1.165, 1.54) is 17.7 Å². The number of hydrogen-bond donors (Lipinski definition) is 0. The van der Waals surface area contributed by atoms with Crippen LogP contribution < -0.4 is 4.90 Å².